The van der Waals surface area contributed by atoms with Gasteiger partial charge in [-0.1, -0.05) is 36.4 Å². The van der Waals surface area contributed by atoms with Gasteiger partial charge in [0.2, 0.25) is 5.91 Å². The lowest BCUT2D eigenvalue weighted by molar-refractivity contribution is -0.127. The minimum absolute atomic E-state index is 0.0726. The van der Waals surface area contributed by atoms with Crippen molar-refractivity contribution in [1.82, 2.24) is 9.80 Å². The molecule has 2 heterocycles. The van der Waals surface area contributed by atoms with E-state index in [0.717, 1.165) is 30.8 Å². The van der Waals surface area contributed by atoms with Crippen molar-refractivity contribution in [2.75, 3.05) is 37.3 Å². The molecule has 6 heteroatoms. The molecule has 152 valence electrons. The molecule has 6 nitrogen and oxygen atoms in total. The Labute approximate surface area is 171 Å². The Bertz CT molecular complexity index is 858. The summed E-state index contributed by atoms with van der Waals surface area (Å²) in [5.41, 5.74) is 1.14. The molecule has 2 N–H and O–H groups in total. The van der Waals surface area contributed by atoms with E-state index >= 15 is 0 Å². The maximum atomic E-state index is 13.4. The number of anilines is 2. The number of carbonyl (C=O) groups excluding carboxylic acids is 2. The van der Waals surface area contributed by atoms with Crippen molar-refractivity contribution in [1.29, 1.82) is 0 Å². The van der Waals surface area contributed by atoms with Gasteiger partial charge in [0.1, 0.15) is 0 Å². The van der Waals surface area contributed by atoms with E-state index in [1.807, 2.05) is 65.6 Å². The topological polar surface area (TPSA) is 64.7 Å². The van der Waals surface area contributed by atoms with Crippen molar-refractivity contribution in [3.63, 3.8) is 0 Å². The molecule has 2 aliphatic heterocycles. The number of hydrogen-bond donors (Lipinski definition) is 2. The van der Waals surface area contributed by atoms with Crippen LogP contribution in [0.5, 0.6) is 0 Å². The normalized spacial score (nSPS) is 24.4. The molecular formula is C23H28N4O2. The van der Waals surface area contributed by atoms with Gasteiger partial charge in [-0.3, -0.25) is 4.79 Å². The molecule has 0 aliphatic carbocycles. The molecule has 0 saturated carbocycles. The number of nitrogens with one attached hydrogen (secondary N) is 2. The quantitative estimate of drug-likeness (QED) is 0.838. The number of amides is 3. The van der Waals surface area contributed by atoms with Gasteiger partial charge < -0.3 is 20.4 Å². The minimum atomic E-state index is -0.466. The number of benzene rings is 2. The molecule has 0 aromatic heterocycles. The van der Waals surface area contributed by atoms with Gasteiger partial charge in [0.05, 0.1) is 5.41 Å². The van der Waals surface area contributed by atoms with Crippen LogP contribution in [0.15, 0.2) is 60.7 Å². The fourth-order valence-electron chi connectivity index (χ4n) is 4.72. The van der Waals surface area contributed by atoms with Crippen molar-refractivity contribution in [2.24, 2.45) is 5.41 Å². The van der Waals surface area contributed by atoms with E-state index in [4.69, 9.17) is 0 Å². The van der Waals surface area contributed by atoms with Gasteiger partial charge in [0.25, 0.3) is 0 Å². The molecule has 0 radical (unpaired) electrons. The molecule has 0 spiro atoms. The fourth-order valence-corrected chi connectivity index (χ4v) is 4.72. The molecular weight excluding hydrogens is 364 g/mol. The van der Waals surface area contributed by atoms with Gasteiger partial charge in [0, 0.05) is 30.5 Å². The van der Waals surface area contributed by atoms with Crippen molar-refractivity contribution in [3.8, 4) is 0 Å². The average Bonchev–Trinajstić information content (AvgIpc) is 2.94. The molecule has 2 aliphatic rings. The predicted molar refractivity (Wildman–Crippen MR) is 115 cm³/mol. The van der Waals surface area contributed by atoms with Crippen LogP contribution in [0, 0.1) is 5.41 Å². The molecule has 2 aromatic rings. The van der Waals surface area contributed by atoms with Crippen LogP contribution in [0.2, 0.25) is 0 Å². The molecule has 3 amide bonds. The maximum Gasteiger partial charge on any atom is 0.321 e. The smallest absolute Gasteiger partial charge is 0.321 e. The molecule has 0 unspecified atom stereocenters. The first-order valence-corrected chi connectivity index (χ1v) is 10.3. The van der Waals surface area contributed by atoms with Crippen LogP contribution in [0.25, 0.3) is 0 Å². The van der Waals surface area contributed by atoms with E-state index in [1.54, 1.807) is 0 Å². The van der Waals surface area contributed by atoms with Crippen LogP contribution >= 0.6 is 0 Å². The Kier molecular flexibility index (Phi) is 5.53. The summed E-state index contributed by atoms with van der Waals surface area (Å²) < 4.78 is 0. The van der Waals surface area contributed by atoms with Crippen LogP contribution in [0.3, 0.4) is 0 Å². The monoisotopic (exact) mass is 392 g/mol. The van der Waals surface area contributed by atoms with Crippen LogP contribution in [-0.2, 0) is 4.79 Å². The van der Waals surface area contributed by atoms with Crippen molar-refractivity contribution in [3.05, 3.63) is 60.7 Å². The Morgan fingerprint density at radius 2 is 1.45 bits per heavy atom. The summed E-state index contributed by atoms with van der Waals surface area (Å²) in [5, 5.41) is 6.09. The Morgan fingerprint density at radius 3 is 2.10 bits per heavy atom. The molecule has 2 atom stereocenters. The standard InChI is InChI=1S/C23H28N4O2/c1-26-16-13-23(21(28)24-18-8-4-2-5-9-18)14-17-27(15-12-20(23)26)22(29)25-19-10-6-3-7-11-19/h2-11,20H,12-17H2,1H3,(H,24,28)(H,25,29)/t20-,23-/m1/s1. The van der Waals surface area contributed by atoms with E-state index in [1.165, 1.54) is 0 Å². The second kappa shape index (κ2) is 8.25. The first kappa shape index (κ1) is 19.5. The van der Waals surface area contributed by atoms with Crippen LogP contribution in [0.4, 0.5) is 16.2 Å². The van der Waals surface area contributed by atoms with Gasteiger partial charge in [-0.05, 0) is 57.1 Å². The third kappa shape index (κ3) is 3.98. The second-order valence-corrected chi connectivity index (χ2v) is 8.04. The summed E-state index contributed by atoms with van der Waals surface area (Å²) in [4.78, 5) is 30.3. The van der Waals surface area contributed by atoms with Crippen LogP contribution in [0.1, 0.15) is 19.3 Å². The highest BCUT2D eigenvalue weighted by molar-refractivity contribution is 5.96. The van der Waals surface area contributed by atoms with Gasteiger partial charge in [-0.2, -0.15) is 0 Å². The highest BCUT2D eigenvalue weighted by atomic mass is 16.2. The number of likely N-dealkylation sites (tertiary alicyclic amines) is 2. The summed E-state index contributed by atoms with van der Waals surface area (Å²) in [6.07, 6.45) is 2.28. The van der Waals surface area contributed by atoms with Gasteiger partial charge >= 0.3 is 6.03 Å². The molecule has 29 heavy (non-hydrogen) atoms. The van der Waals surface area contributed by atoms with E-state index < -0.39 is 5.41 Å². The largest absolute Gasteiger partial charge is 0.326 e. The van der Waals surface area contributed by atoms with Gasteiger partial charge in [-0.25, -0.2) is 4.79 Å². The van der Waals surface area contributed by atoms with E-state index in [9.17, 15) is 9.59 Å². The minimum Gasteiger partial charge on any atom is -0.326 e. The maximum absolute atomic E-state index is 13.4. The number of para-hydroxylation sites is 2. The number of nitrogens with zero attached hydrogens (tertiary/aromatic N) is 2. The SMILES string of the molecule is CN1CC[C@@]2(C(=O)Nc3ccccc3)CCN(C(=O)Nc3ccccc3)CC[C@@H]12. The zero-order chi connectivity index (χ0) is 20.3. The molecule has 4 rings (SSSR count). The van der Waals surface area contributed by atoms with Crippen LogP contribution in [-0.4, -0.2) is 54.5 Å². The number of hydrogen-bond acceptors (Lipinski definition) is 3. The Morgan fingerprint density at radius 1 is 0.862 bits per heavy atom. The third-order valence-electron chi connectivity index (χ3n) is 6.38. The number of fused-ring (bicyclic) bond motifs is 1. The van der Waals surface area contributed by atoms with Gasteiger partial charge in [-0.15, -0.1) is 0 Å². The lowest BCUT2D eigenvalue weighted by Gasteiger charge is -2.34. The summed E-state index contributed by atoms with van der Waals surface area (Å²) in [6.45, 7) is 2.13. The molecule has 2 saturated heterocycles. The molecule has 2 aromatic carbocycles. The second-order valence-electron chi connectivity index (χ2n) is 8.04. The Hall–Kier alpha value is -2.86. The van der Waals surface area contributed by atoms with Gasteiger partial charge in [0.15, 0.2) is 0 Å². The van der Waals surface area contributed by atoms with Crippen molar-refractivity contribution >= 4 is 23.3 Å². The number of rotatable bonds is 3. The Balaban J connectivity index is 1.49. The summed E-state index contributed by atoms with van der Waals surface area (Å²) in [6, 6.07) is 19.2. The summed E-state index contributed by atoms with van der Waals surface area (Å²) >= 11 is 0. The molecule has 0 bridgehead atoms. The van der Waals surface area contributed by atoms with Crippen molar-refractivity contribution < 1.29 is 9.59 Å². The third-order valence-corrected chi connectivity index (χ3v) is 6.38. The van der Waals surface area contributed by atoms with E-state index in [2.05, 4.69) is 22.6 Å². The lowest BCUT2D eigenvalue weighted by atomic mass is 9.75. The predicted octanol–water partition coefficient (Wildman–Crippen LogP) is 3.64. The van der Waals surface area contributed by atoms with E-state index in [-0.39, 0.29) is 18.0 Å². The average molecular weight is 393 g/mol. The van der Waals surface area contributed by atoms with E-state index in [0.29, 0.717) is 19.5 Å². The highest BCUT2D eigenvalue weighted by Gasteiger charge is 2.52. The zero-order valence-electron chi connectivity index (χ0n) is 16.8. The zero-order valence-corrected chi connectivity index (χ0v) is 16.8. The van der Waals surface area contributed by atoms with Crippen molar-refractivity contribution in [2.45, 2.75) is 25.3 Å². The lowest BCUT2D eigenvalue weighted by Crippen LogP contribution is -2.46. The van der Waals surface area contributed by atoms with Crippen LogP contribution < -0.4 is 10.6 Å². The summed E-state index contributed by atoms with van der Waals surface area (Å²) in [7, 11) is 2.09. The first-order chi connectivity index (χ1) is 14.1. The number of carbonyl (C=O) groups is 2. The fraction of sp³-hybridized carbons (Fsp3) is 0.391. The summed E-state index contributed by atoms with van der Waals surface area (Å²) in [5.74, 6) is 0.0726. The number of urea groups is 1. The highest BCUT2D eigenvalue weighted by Crippen LogP contribution is 2.44. The molecule has 2 fully saturated rings. The first-order valence-electron chi connectivity index (χ1n) is 10.3.